The van der Waals surface area contributed by atoms with Gasteiger partial charge in [0, 0.05) is 35.3 Å². The molecule has 0 saturated heterocycles. The van der Waals surface area contributed by atoms with Crippen LogP contribution < -0.4 is 9.64 Å². The van der Waals surface area contributed by atoms with Crippen LogP contribution in [0.2, 0.25) is 0 Å². The molecule has 182 valence electrons. The third-order valence-corrected chi connectivity index (χ3v) is 7.26. The summed E-state index contributed by atoms with van der Waals surface area (Å²) in [6.45, 7) is 4.45. The predicted octanol–water partition coefficient (Wildman–Crippen LogP) is 5.54. The first-order valence-electron chi connectivity index (χ1n) is 11.6. The van der Waals surface area contributed by atoms with Crippen molar-refractivity contribution < 1.29 is 19.4 Å². The average molecular weight is 492 g/mol. The Labute approximate surface area is 209 Å². The molecule has 2 atom stereocenters. The highest BCUT2D eigenvalue weighted by molar-refractivity contribution is 7.14. The predicted molar refractivity (Wildman–Crippen MR) is 138 cm³/mol. The normalized spacial score (nSPS) is 18.4. The number of hydrogen-bond donors (Lipinski definition) is 1. The Morgan fingerprint density at radius 2 is 1.97 bits per heavy atom. The van der Waals surface area contributed by atoms with Crippen LogP contribution in [0, 0.1) is 17.8 Å². The topological polar surface area (TPSA) is 92.6 Å². The molecule has 0 radical (unpaired) electrons. The van der Waals surface area contributed by atoms with E-state index in [1.54, 1.807) is 18.2 Å². The minimum atomic E-state index is -0.958. The highest BCUT2D eigenvalue weighted by Crippen LogP contribution is 2.37. The summed E-state index contributed by atoms with van der Waals surface area (Å²) < 4.78 is 5.17. The van der Waals surface area contributed by atoms with Crippen molar-refractivity contribution in [1.82, 2.24) is 9.97 Å². The van der Waals surface area contributed by atoms with E-state index in [1.165, 1.54) is 11.3 Å². The Kier molecular flexibility index (Phi) is 7.60. The lowest BCUT2D eigenvalue weighted by Crippen LogP contribution is -2.42. The molecule has 1 aliphatic rings. The second-order valence-corrected chi connectivity index (χ2v) is 9.75. The van der Waals surface area contributed by atoms with Gasteiger partial charge in [0.05, 0.1) is 25.1 Å². The lowest BCUT2D eigenvalue weighted by Gasteiger charge is -2.33. The number of carboxylic acid groups (broad SMARTS) is 1. The maximum atomic E-state index is 13.6. The molecule has 0 unspecified atom stereocenters. The Morgan fingerprint density at radius 3 is 2.63 bits per heavy atom. The van der Waals surface area contributed by atoms with Gasteiger partial charge < -0.3 is 9.84 Å². The number of carbonyl (C=O) groups excluding carboxylic acids is 1. The standard InChI is InChI=1S/C27H29N3O4S/c1-17(2)19-8-6-7-13-30(26(33)22(19)14-25(31)32)27-29-23(16-35-27)21-10-5-4-9-20(21)18-11-12-24(34-3)28-15-18/h4-7,9-12,15-17,19,22H,8,13-14H2,1-3H3,(H,31,32)/t19-,22+/m1/s1. The SMILES string of the molecule is COc1ccc(-c2ccccc2-c2csc(N3CC=CC[C@H](C(C)C)[C@H](CC(=O)O)C3=O)n2)cn1. The van der Waals surface area contributed by atoms with Crippen molar-refractivity contribution in [1.29, 1.82) is 0 Å². The van der Waals surface area contributed by atoms with E-state index in [0.29, 0.717) is 24.0 Å². The van der Waals surface area contributed by atoms with E-state index in [0.717, 1.165) is 22.4 Å². The number of methoxy groups -OCH3 is 1. The van der Waals surface area contributed by atoms with Crippen LogP contribution in [0.15, 0.2) is 60.1 Å². The molecule has 3 heterocycles. The Bertz CT molecular complexity index is 1220. The van der Waals surface area contributed by atoms with Gasteiger partial charge in [-0.3, -0.25) is 14.5 Å². The van der Waals surface area contributed by atoms with Crippen molar-refractivity contribution in [3.8, 4) is 28.3 Å². The van der Waals surface area contributed by atoms with Gasteiger partial charge in [0.1, 0.15) is 0 Å². The van der Waals surface area contributed by atoms with Gasteiger partial charge in [0.15, 0.2) is 5.13 Å². The molecule has 7 nitrogen and oxygen atoms in total. The second kappa shape index (κ2) is 10.8. The Hall–Kier alpha value is -3.52. The zero-order valence-corrected chi connectivity index (χ0v) is 20.9. The maximum absolute atomic E-state index is 13.6. The van der Waals surface area contributed by atoms with Crippen LogP contribution in [0.3, 0.4) is 0 Å². The number of benzene rings is 1. The zero-order chi connectivity index (χ0) is 24.9. The largest absolute Gasteiger partial charge is 0.481 e. The van der Waals surface area contributed by atoms with Crippen molar-refractivity contribution in [2.75, 3.05) is 18.6 Å². The van der Waals surface area contributed by atoms with Crippen LogP contribution in [-0.2, 0) is 9.59 Å². The van der Waals surface area contributed by atoms with Crippen LogP contribution >= 0.6 is 11.3 Å². The molecule has 1 aliphatic heterocycles. The summed E-state index contributed by atoms with van der Waals surface area (Å²) in [4.78, 5) is 36.0. The molecule has 35 heavy (non-hydrogen) atoms. The zero-order valence-electron chi connectivity index (χ0n) is 20.0. The summed E-state index contributed by atoms with van der Waals surface area (Å²) in [5, 5.41) is 12.0. The fourth-order valence-corrected chi connectivity index (χ4v) is 5.38. The summed E-state index contributed by atoms with van der Waals surface area (Å²) in [5.41, 5.74) is 3.59. The number of pyridine rings is 1. The van der Waals surface area contributed by atoms with Gasteiger partial charge in [0.25, 0.3) is 0 Å². The van der Waals surface area contributed by atoms with Crippen molar-refractivity contribution in [3.63, 3.8) is 0 Å². The molecular formula is C27H29N3O4S. The van der Waals surface area contributed by atoms with Gasteiger partial charge in [-0.05, 0) is 29.9 Å². The summed E-state index contributed by atoms with van der Waals surface area (Å²) >= 11 is 1.39. The third kappa shape index (κ3) is 5.43. The summed E-state index contributed by atoms with van der Waals surface area (Å²) in [7, 11) is 1.58. The van der Waals surface area contributed by atoms with Gasteiger partial charge in [-0.1, -0.05) is 50.3 Å². The minimum Gasteiger partial charge on any atom is -0.481 e. The number of ether oxygens (including phenoxy) is 1. The molecule has 8 heteroatoms. The number of rotatable bonds is 7. The number of anilines is 1. The molecule has 0 bridgehead atoms. The first kappa shape index (κ1) is 24.6. The van der Waals surface area contributed by atoms with Crippen molar-refractivity contribution >= 4 is 28.3 Å². The van der Waals surface area contributed by atoms with Gasteiger partial charge in [-0.15, -0.1) is 11.3 Å². The van der Waals surface area contributed by atoms with Crippen LogP contribution in [0.25, 0.3) is 22.4 Å². The first-order chi connectivity index (χ1) is 16.9. The molecule has 0 fully saturated rings. The second-order valence-electron chi connectivity index (χ2n) is 8.92. The number of aromatic nitrogens is 2. The molecule has 1 aromatic carbocycles. The molecule has 0 aliphatic carbocycles. The summed E-state index contributed by atoms with van der Waals surface area (Å²) in [6, 6.07) is 11.7. The molecule has 0 spiro atoms. The Balaban J connectivity index is 1.68. The summed E-state index contributed by atoms with van der Waals surface area (Å²) in [5.74, 6) is -1.04. The van der Waals surface area contributed by atoms with Gasteiger partial charge >= 0.3 is 5.97 Å². The fraction of sp³-hybridized carbons (Fsp3) is 0.333. The lowest BCUT2D eigenvalue weighted by molar-refractivity contribution is -0.142. The monoisotopic (exact) mass is 491 g/mol. The average Bonchev–Trinajstić information content (AvgIpc) is 3.33. The quantitative estimate of drug-likeness (QED) is 0.437. The number of carbonyl (C=O) groups is 2. The van der Waals surface area contributed by atoms with Crippen LogP contribution in [0.1, 0.15) is 26.7 Å². The number of thiazole rings is 1. The molecule has 1 amide bonds. The Morgan fingerprint density at radius 1 is 1.20 bits per heavy atom. The molecule has 1 N–H and O–H groups in total. The molecular weight excluding hydrogens is 462 g/mol. The van der Waals surface area contributed by atoms with E-state index < -0.39 is 11.9 Å². The summed E-state index contributed by atoms with van der Waals surface area (Å²) in [6.07, 6.45) is 6.31. The van der Waals surface area contributed by atoms with E-state index in [4.69, 9.17) is 9.72 Å². The number of hydrogen-bond acceptors (Lipinski definition) is 6. The molecule has 0 saturated carbocycles. The fourth-order valence-electron chi connectivity index (χ4n) is 4.54. The highest BCUT2D eigenvalue weighted by Gasteiger charge is 2.36. The highest BCUT2D eigenvalue weighted by atomic mass is 32.1. The van der Waals surface area contributed by atoms with Crippen LogP contribution in [0.5, 0.6) is 5.88 Å². The van der Waals surface area contributed by atoms with Crippen molar-refractivity contribution in [2.45, 2.75) is 26.7 Å². The van der Waals surface area contributed by atoms with Gasteiger partial charge in [-0.25, -0.2) is 9.97 Å². The molecule has 4 rings (SSSR count). The number of nitrogens with zero attached hydrogens (tertiary/aromatic N) is 3. The first-order valence-corrected chi connectivity index (χ1v) is 12.5. The molecule has 2 aromatic heterocycles. The number of carboxylic acids is 1. The van der Waals surface area contributed by atoms with E-state index >= 15 is 0 Å². The van der Waals surface area contributed by atoms with Crippen LogP contribution in [-0.4, -0.2) is 40.6 Å². The number of amides is 1. The van der Waals surface area contributed by atoms with E-state index in [9.17, 15) is 14.7 Å². The maximum Gasteiger partial charge on any atom is 0.304 e. The number of allylic oxidation sites excluding steroid dienone is 1. The van der Waals surface area contributed by atoms with E-state index in [2.05, 4.69) is 11.1 Å². The molecule has 3 aromatic rings. The van der Waals surface area contributed by atoms with Gasteiger partial charge in [-0.2, -0.15) is 0 Å². The van der Waals surface area contributed by atoms with E-state index in [-0.39, 0.29) is 24.2 Å². The third-order valence-electron chi connectivity index (χ3n) is 6.40. The van der Waals surface area contributed by atoms with Crippen molar-refractivity contribution in [2.24, 2.45) is 17.8 Å². The van der Waals surface area contributed by atoms with Gasteiger partial charge in [0.2, 0.25) is 11.8 Å². The van der Waals surface area contributed by atoms with Crippen LogP contribution in [0.4, 0.5) is 5.13 Å². The minimum absolute atomic E-state index is 0.0413. The number of aliphatic carboxylic acids is 1. The van der Waals surface area contributed by atoms with Crippen molar-refractivity contribution in [3.05, 3.63) is 60.1 Å². The lowest BCUT2D eigenvalue weighted by atomic mass is 9.78. The smallest absolute Gasteiger partial charge is 0.304 e. The van der Waals surface area contributed by atoms with E-state index in [1.807, 2.05) is 61.7 Å².